The molecule has 0 bridgehead atoms. The van der Waals surface area contributed by atoms with Crippen LogP contribution in [0.4, 0.5) is 19.1 Å². The molecule has 0 aromatic carbocycles. The van der Waals surface area contributed by atoms with Gasteiger partial charge < -0.3 is 5.32 Å². The zero-order chi connectivity index (χ0) is 15.6. The molecule has 0 amide bonds. The van der Waals surface area contributed by atoms with Crippen molar-refractivity contribution in [2.75, 3.05) is 11.9 Å². The van der Waals surface area contributed by atoms with Gasteiger partial charge in [-0.3, -0.25) is 4.68 Å². The molecular formula is C12H15F3N6. The first kappa shape index (κ1) is 15.2. The molecule has 2 aromatic heterocycles. The number of aromatic nitrogens is 5. The molecule has 0 radical (unpaired) electrons. The Labute approximate surface area is 119 Å². The van der Waals surface area contributed by atoms with Crippen LogP contribution in [0.5, 0.6) is 0 Å². The van der Waals surface area contributed by atoms with Crippen molar-refractivity contribution in [2.45, 2.75) is 33.5 Å². The molecule has 2 heterocycles. The number of rotatable bonds is 4. The molecule has 0 atom stereocenters. The average Bonchev–Trinajstić information content (AvgIpc) is 2.75. The summed E-state index contributed by atoms with van der Waals surface area (Å²) in [6.07, 6.45) is -4.43. The number of aryl methyl sites for hydroxylation is 3. The Balaban J connectivity index is 1.97. The highest BCUT2D eigenvalue weighted by Crippen LogP contribution is 2.28. The van der Waals surface area contributed by atoms with E-state index in [0.717, 1.165) is 17.5 Å². The Morgan fingerprint density at radius 3 is 2.43 bits per heavy atom. The molecule has 0 aliphatic rings. The van der Waals surface area contributed by atoms with Gasteiger partial charge in [-0.25, -0.2) is 4.98 Å². The van der Waals surface area contributed by atoms with E-state index < -0.39 is 11.9 Å². The summed E-state index contributed by atoms with van der Waals surface area (Å²) in [5.41, 5.74) is 1.05. The Kier molecular flexibility index (Phi) is 4.10. The number of nitrogens with one attached hydrogen (secondary N) is 1. The third-order valence-corrected chi connectivity index (χ3v) is 2.97. The minimum Gasteiger partial charge on any atom is -0.351 e. The summed E-state index contributed by atoms with van der Waals surface area (Å²) in [6, 6.07) is 1.02. The number of halogens is 3. The lowest BCUT2D eigenvalue weighted by Crippen LogP contribution is -2.16. The maximum atomic E-state index is 12.5. The molecule has 9 heteroatoms. The van der Waals surface area contributed by atoms with Gasteiger partial charge in [-0.15, -0.1) is 5.10 Å². The maximum Gasteiger partial charge on any atom is 0.435 e. The number of hydrogen-bond acceptors (Lipinski definition) is 5. The third kappa shape index (κ3) is 3.67. The fourth-order valence-electron chi connectivity index (χ4n) is 1.68. The van der Waals surface area contributed by atoms with Crippen LogP contribution in [0.25, 0.3) is 0 Å². The highest BCUT2D eigenvalue weighted by Gasteiger charge is 2.34. The van der Waals surface area contributed by atoms with Crippen molar-refractivity contribution in [3.63, 3.8) is 0 Å². The van der Waals surface area contributed by atoms with Crippen LogP contribution in [0.15, 0.2) is 6.07 Å². The van der Waals surface area contributed by atoms with Gasteiger partial charge in [0.15, 0.2) is 5.69 Å². The fourth-order valence-corrected chi connectivity index (χ4v) is 1.68. The van der Waals surface area contributed by atoms with Crippen molar-refractivity contribution in [3.8, 4) is 0 Å². The molecule has 0 fully saturated rings. The van der Waals surface area contributed by atoms with Gasteiger partial charge >= 0.3 is 6.18 Å². The molecule has 114 valence electrons. The van der Waals surface area contributed by atoms with Crippen molar-refractivity contribution < 1.29 is 13.2 Å². The van der Waals surface area contributed by atoms with E-state index in [-0.39, 0.29) is 6.54 Å². The van der Waals surface area contributed by atoms with Crippen LogP contribution < -0.4 is 5.32 Å². The second kappa shape index (κ2) is 5.66. The van der Waals surface area contributed by atoms with Gasteiger partial charge in [-0.1, -0.05) is 0 Å². The Bertz CT molecular complexity index is 634. The van der Waals surface area contributed by atoms with Crippen molar-refractivity contribution in [1.82, 2.24) is 25.0 Å². The van der Waals surface area contributed by atoms with E-state index in [1.165, 1.54) is 4.68 Å². The molecule has 0 saturated carbocycles. The van der Waals surface area contributed by atoms with Crippen molar-refractivity contribution in [3.05, 3.63) is 28.8 Å². The molecule has 0 aliphatic carbocycles. The quantitative estimate of drug-likeness (QED) is 0.936. The standard InChI is InChI=1S/C12H15F3N6/c1-7-6-10(12(13,14)15)20-21(7)5-4-16-11-17-8(2)9(3)18-19-11/h6H,4-5H2,1-3H3,(H,16,17,19). The van der Waals surface area contributed by atoms with Crippen LogP contribution in [-0.2, 0) is 12.7 Å². The second-order valence-electron chi connectivity index (χ2n) is 4.62. The van der Waals surface area contributed by atoms with E-state index in [1.807, 2.05) is 6.92 Å². The van der Waals surface area contributed by atoms with Gasteiger partial charge in [0.25, 0.3) is 0 Å². The molecule has 0 aliphatic heterocycles. The largest absolute Gasteiger partial charge is 0.435 e. The van der Waals surface area contributed by atoms with Gasteiger partial charge in [0.1, 0.15) is 0 Å². The molecule has 1 N–H and O–H groups in total. The summed E-state index contributed by atoms with van der Waals surface area (Å²) in [5, 5.41) is 14.2. The topological polar surface area (TPSA) is 68.5 Å². The SMILES string of the molecule is Cc1nnc(NCCn2nc(C(F)(F)F)cc2C)nc1C. The average molecular weight is 300 g/mol. The van der Waals surface area contributed by atoms with Crippen LogP contribution in [-0.4, -0.2) is 31.5 Å². The lowest BCUT2D eigenvalue weighted by Gasteiger charge is -2.07. The van der Waals surface area contributed by atoms with Crippen LogP contribution in [0, 0.1) is 20.8 Å². The van der Waals surface area contributed by atoms with E-state index in [4.69, 9.17) is 0 Å². The van der Waals surface area contributed by atoms with E-state index >= 15 is 0 Å². The van der Waals surface area contributed by atoms with Crippen molar-refractivity contribution in [1.29, 1.82) is 0 Å². The van der Waals surface area contributed by atoms with Crippen molar-refractivity contribution in [2.24, 2.45) is 0 Å². The lowest BCUT2D eigenvalue weighted by atomic mass is 10.3. The van der Waals surface area contributed by atoms with Gasteiger partial charge in [0.2, 0.25) is 5.95 Å². The predicted molar refractivity (Wildman–Crippen MR) is 69.8 cm³/mol. The second-order valence-corrected chi connectivity index (χ2v) is 4.62. The van der Waals surface area contributed by atoms with E-state index in [9.17, 15) is 13.2 Å². The van der Waals surface area contributed by atoms with E-state index in [1.54, 1.807) is 13.8 Å². The summed E-state index contributed by atoms with van der Waals surface area (Å²) in [7, 11) is 0. The molecule has 0 unspecified atom stereocenters. The molecule has 0 saturated heterocycles. The summed E-state index contributed by atoms with van der Waals surface area (Å²) in [6.45, 7) is 5.81. The van der Waals surface area contributed by atoms with E-state index in [2.05, 4.69) is 25.6 Å². The molecule has 2 aromatic rings. The fraction of sp³-hybridized carbons (Fsp3) is 0.500. The minimum absolute atomic E-state index is 0.276. The molecular weight excluding hydrogens is 285 g/mol. The Morgan fingerprint density at radius 1 is 1.14 bits per heavy atom. The van der Waals surface area contributed by atoms with Gasteiger partial charge in [0, 0.05) is 12.2 Å². The first-order chi connectivity index (χ1) is 9.77. The predicted octanol–water partition coefficient (Wildman–Crippen LogP) is 2.12. The highest BCUT2D eigenvalue weighted by molar-refractivity contribution is 5.24. The molecule has 21 heavy (non-hydrogen) atoms. The Hall–Kier alpha value is -2.19. The number of hydrogen-bond donors (Lipinski definition) is 1. The normalized spacial score (nSPS) is 11.7. The first-order valence-corrected chi connectivity index (χ1v) is 6.31. The Morgan fingerprint density at radius 2 is 1.86 bits per heavy atom. The van der Waals surface area contributed by atoms with Crippen LogP contribution in [0.1, 0.15) is 22.8 Å². The number of nitrogens with zero attached hydrogens (tertiary/aromatic N) is 5. The minimum atomic E-state index is -4.43. The summed E-state index contributed by atoms with van der Waals surface area (Å²) in [4.78, 5) is 4.18. The third-order valence-electron chi connectivity index (χ3n) is 2.97. The zero-order valence-corrected chi connectivity index (χ0v) is 11.9. The number of alkyl halides is 3. The van der Waals surface area contributed by atoms with Crippen LogP contribution in [0.3, 0.4) is 0 Å². The number of anilines is 1. The summed E-state index contributed by atoms with van der Waals surface area (Å²) in [5.74, 6) is 0.346. The van der Waals surface area contributed by atoms with Gasteiger partial charge in [-0.05, 0) is 26.8 Å². The molecule has 2 rings (SSSR count). The summed E-state index contributed by atoms with van der Waals surface area (Å²) < 4.78 is 38.9. The van der Waals surface area contributed by atoms with Crippen molar-refractivity contribution >= 4 is 5.95 Å². The van der Waals surface area contributed by atoms with Crippen LogP contribution >= 0.6 is 0 Å². The van der Waals surface area contributed by atoms with Gasteiger partial charge in [-0.2, -0.15) is 23.4 Å². The summed E-state index contributed by atoms with van der Waals surface area (Å²) >= 11 is 0. The molecule has 6 nitrogen and oxygen atoms in total. The maximum absolute atomic E-state index is 12.5. The van der Waals surface area contributed by atoms with E-state index in [0.29, 0.717) is 18.2 Å². The van der Waals surface area contributed by atoms with Crippen LogP contribution in [0.2, 0.25) is 0 Å². The smallest absolute Gasteiger partial charge is 0.351 e. The monoisotopic (exact) mass is 300 g/mol. The van der Waals surface area contributed by atoms with Gasteiger partial charge in [0.05, 0.1) is 17.9 Å². The zero-order valence-electron chi connectivity index (χ0n) is 11.9. The lowest BCUT2D eigenvalue weighted by molar-refractivity contribution is -0.141. The molecule has 0 spiro atoms. The highest BCUT2D eigenvalue weighted by atomic mass is 19.4. The first-order valence-electron chi connectivity index (χ1n) is 6.31.